The van der Waals surface area contributed by atoms with Gasteiger partial charge in [0, 0.05) is 5.56 Å². The van der Waals surface area contributed by atoms with Crippen molar-refractivity contribution in [1.29, 1.82) is 0 Å². The van der Waals surface area contributed by atoms with Crippen LogP contribution in [0.25, 0.3) is 0 Å². The molecule has 0 aliphatic rings. The number of hydrogen-bond acceptors (Lipinski definition) is 3. The van der Waals surface area contributed by atoms with E-state index in [4.69, 9.17) is 4.74 Å². The van der Waals surface area contributed by atoms with Crippen LogP contribution in [0, 0.1) is 5.82 Å². The van der Waals surface area contributed by atoms with Gasteiger partial charge in [-0.3, -0.25) is 0 Å². The fraction of sp³-hybridized carbons (Fsp3) is 0.500. The highest BCUT2D eigenvalue weighted by molar-refractivity contribution is 7.89. The molecular weight excluding hydrogens is 257 g/mol. The molecule has 0 bridgehead atoms. The van der Waals surface area contributed by atoms with E-state index in [2.05, 4.69) is 4.72 Å². The third kappa shape index (κ3) is 3.68. The van der Waals surface area contributed by atoms with Gasteiger partial charge in [0.25, 0.3) is 0 Å². The first-order valence-electron chi connectivity index (χ1n) is 5.73. The lowest BCUT2D eigenvalue weighted by Crippen LogP contribution is -2.29. The molecule has 6 heteroatoms. The Labute approximate surface area is 107 Å². The van der Waals surface area contributed by atoms with E-state index >= 15 is 0 Å². The molecule has 1 N–H and O–H groups in total. The van der Waals surface area contributed by atoms with Crippen LogP contribution in [0.2, 0.25) is 0 Å². The lowest BCUT2D eigenvalue weighted by atomic mass is 10.1. The van der Waals surface area contributed by atoms with E-state index in [-0.39, 0.29) is 11.3 Å². The van der Waals surface area contributed by atoms with Gasteiger partial charge in [-0.05, 0) is 25.5 Å². The second-order valence-electron chi connectivity index (χ2n) is 4.01. The minimum atomic E-state index is -3.39. The molecule has 18 heavy (non-hydrogen) atoms. The highest BCUT2D eigenvalue weighted by Gasteiger charge is 2.21. The highest BCUT2D eigenvalue weighted by atomic mass is 32.2. The Kier molecular flexibility index (Phi) is 5.10. The molecular formula is C12H18FNO3S. The van der Waals surface area contributed by atoms with E-state index in [9.17, 15) is 12.8 Å². The van der Waals surface area contributed by atoms with E-state index in [1.54, 1.807) is 19.9 Å². The van der Waals surface area contributed by atoms with E-state index in [0.717, 1.165) is 0 Å². The van der Waals surface area contributed by atoms with Gasteiger partial charge in [-0.15, -0.1) is 0 Å². The Hall–Kier alpha value is -1.14. The van der Waals surface area contributed by atoms with Gasteiger partial charge in [0.15, 0.2) is 0 Å². The summed E-state index contributed by atoms with van der Waals surface area (Å²) in [6.07, 6.45) is 0.510. The van der Waals surface area contributed by atoms with Crippen LogP contribution in [0.3, 0.4) is 0 Å². The van der Waals surface area contributed by atoms with E-state index in [0.29, 0.717) is 12.2 Å². The summed E-state index contributed by atoms with van der Waals surface area (Å²) in [5.74, 6) is -0.128. The lowest BCUT2D eigenvalue weighted by molar-refractivity contribution is 0.398. The van der Waals surface area contributed by atoms with Gasteiger partial charge in [0.1, 0.15) is 11.6 Å². The molecule has 0 saturated carbocycles. The summed E-state index contributed by atoms with van der Waals surface area (Å²) < 4.78 is 44.5. The molecule has 102 valence electrons. The molecule has 4 nitrogen and oxygen atoms in total. The normalized spacial score (nSPS) is 13.3. The summed E-state index contributed by atoms with van der Waals surface area (Å²) in [5, 5.41) is 0. The molecule has 0 amide bonds. The zero-order valence-electron chi connectivity index (χ0n) is 10.7. The van der Waals surface area contributed by atoms with Gasteiger partial charge < -0.3 is 4.74 Å². The van der Waals surface area contributed by atoms with Crippen LogP contribution < -0.4 is 9.46 Å². The molecule has 1 rings (SSSR count). The number of ether oxygens (including phenoxy) is 1. The summed E-state index contributed by atoms with van der Waals surface area (Å²) in [5.41, 5.74) is 0.222. The van der Waals surface area contributed by atoms with Crippen LogP contribution in [-0.2, 0) is 10.0 Å². The molecule has 0 fully saturated rings. The molecule has 0 saturated heterocycles. The first-order chi connectivity index (χ1) is 8.41. The molecule has 1 atom stereocenters. The van der Waals surface area contributed by atoms with Crippen molar-refractivity contribution >= 4 is 10.0 Å². The second kappa shape index (κ2) is 6.15. The monoisotopic (exact) mass is 275 g/mol. The SMILES string of the molecule is CCCS(=O)(=O)N[C@@H](C)c1c(F)cccc1OC. The van der Waals surface area contributed by atoms with Crippen molar-refractivity contribution in [3.05, 3.63) is 29.6 Å². The predicted molar refractivity (Wildman–Crippen MR) is 68.6 cm³/mol. The zero-order valence-corrected chi connectivity index (χ0v) is 11.6. The molecule has 0 unspecified atom stereocenters. The van der Waals surface area contributed by atoms with Crippen LogP contribution in [0.1, 0.15) is 31.9 Å². The van der Waals surface area contributed by atoms with Crippen molar-refractivity contribution in [1.82, 2.24) is 4.72 Å². The molecule has 0 aromatic heterocycles. The molecule has 0 aliphatic heterocycles. The molecule has 1 aromatic carbocycles. The van der Waals surface area contributed by atoms with Crippen molar-refractivity contribution in [2.75, 3.05) is 12.9 Å². The number of hydrogen-bond donors (Lipinski definition) is 1. The van der Waals surface area contributed by atoms with Crippen LogP contribution in [-0.4, -0.2) is 21.3 Å². The standard InChI is InChI=1S/C12H18FNO3S/c1-4-8-18(15,16)14-9(2)12-10(13)6-5-7-11(12)17-3/h5-7,9,14H,4,8H2,1-3H3/t9-/m0/s1. The first-order valence-corrected chi connectivity index (χ1v) is 7.39. The maximum Gasteiger partial charge on any atom is 0.212 e. The number of benzene rings is 1. The Bertz CT molecular complexity index is 502. The largest absolute Gasteiger partial charge is 0.496 e. The van der Waals surface area contributed by atoms with Gasteiger partial charge in [-0.2, -0.15) is 0 Å². The summed E-state index contributed by atoms with van der Waals surface area (Å²) >= 11 is 0. The summed E-state index contributed by atoms with van der Waals surface area (Å²) in [6.45, 7) is 3.36. The van der Waals surface area contributed by atoms with E-state index < -0.39 is 21.9 Å². The molecule has 1 aromatic rings. The Morgan fingerprint density at radius 1 is 1.44 bits per heavy atom. The van der Waals surface area contributed by atoms with Gasteiger partial charge in [-0.1, -0.05) is 13.0 Å². The van der Waals surface area contributed by atoms with Crippen LogP contribution >= 0.6 is 0 Å². The molecule has 0 heterocycles. The minimum Gasteiger partial charge on any atom is -0.496 e. The molecule has 0 radical (unpaired) electrons. The average Bonchev–Trinajstić information content (AvgIpc) is 2.27. The van der Waals surface area contributed by atoms with E-state index in [1.807, 2.05) is 0 Å². The summed E-state index contributed by atoms with van der Waals surface area (Å²) in [7, 11) is -1.97. The predicted octanol–water partition coefficient (Wildman–Crippen LogP) is 2.22. The second-order valence-corrected chi connectivity index (χ2v) is 5.89. The zero-order chi connectivity index (χ0) is 13.8. The van der Waals surface area contributed by atoms with Crippen molar-refractivity contribution < 1.29 is 17.5 Å². The van der Waals surface area contributed by atoms with Crippen molar-refractivity contribution in [2.24, 2.45) is 0 Å². The van der Waals surface area contributed by atoms with Crippen LogP contribution in [0.15, 0.2) is 18.2 Å². The average molecular weight is 275 g/mol. The number of nitrogens with one attached hydrogen (secondary N) is 1. The topological polar surface area (TPSA) is 55.4 Å². The Morgan fingerprint density at radius 3 is 2.67 bits per heavy atom. The first kappa shape index (κ1) is 14.9. The maximum absolute atomic E-state index is 13.7. The third-order valence-electron chi connectivity index (χ3n) is 2.50. The van der Waals surface area contributed by atoms with Gasteiger partial charge in [0.05, 0.1) is 18.9 Å². The quantitative estimate of drug-likeness (QED) is 0.866. The van der Waals surface area contributed by atoms with Crippen molar-refractivity contribution in [3.63, 3.8) is 0 Å². The fourth-order valence-corrected chi connectivity index (χ4v) is 3.08. The fourth-order valence-electron chi connectivity index (χ4n) is 1.77. The number of sulfonamides is 1. The van der Waals surface area contributed by atoms with Gasteiger partial charge in [-0.25, -0.2) is 17.5 Å². The number of halogens is 1. The number of methoxy groups -OCH3 is 1. The lowest BCUT2D eigenvalue weighted by Gasteiger charge is -2.17. The molecule has 0 aliphatic carbocycles. The van der Waals surface area contributed by atoms with Crippen molar-refractivity contribution in [3.8, 4) is 5.75 Å². The third-order valence-corrected chi connectivity index (χ3v) is 4.15. The van der Waals surface area contributed by atoms with Gasteiger partial charge >= 0.3 is 0 Å². The minimum absolute atomic E-state index is 0.0219. The van der Waals surface area contributed by atoms with Gasteiger partial charge in [0.2, 0.25) is 10.0 Å². The number of rotatable bonds is 6. The Balaban J connectivity index is 3.01. The summed E-state index contributed by atoms with van der Waals surface area (Å²) in [6, 6.07) is 3.73. The summed E-state index contributed by atoms with van der Waals surface area (Å²) in [4.78, 5) is 0. The smallest absolute Gasteiger partial charge is 0.212 e. The van der Waals surface area contributed by atoms with Crippen LogP contribution in [0.5, 0.6) is 5.75 Å². The van der Waals surface area contributed by atoms with Crippen LogP contribution in [0.4, 0.5) is 4.39 Å². The Morgan fingerprint density at radius 2 is 2.11 bits per heavy atom. The van der Waals surface area contributed by atoms with Crippen molar-refractivity contribution in [2.45, 2.75) is 26.3 Å². The maximum atomic E-state index is 13.7. The highest BCUT2D eigenvalue weighted by Crippen LogP contribution is 2.28. The van der Waals surface area contributed by atoms with E-state index in [1.165, 1.54) is 19.2 Å². The molecule has 0 spiro atoms.